The van der Waals surface area contributed by atoms with Crippen molar-refractivity contribution in [2.45, 2.75) is 0 Å². The molecule has 0 aliphatic carbocycles. The second kappa shape index (κ2) is 4.63. The number of nitriles is 1. The van der Waals surface area contributed by atoms with E-state index in [1.54, 1.807) is 6.07 Å². The van der Waals surface area contributed by atoms with E-state index in [2.05, 4.69) is 32.8 Å². The summed E-state index contributed by atoms with van der Waals surface area (Å²) in [5, 5.41) is 11.6. The van der Waals surface area contributed by atoms with Crippen LogP contribution < -0.4 is 11.1 Å². The predicted octanol–water partition coefficient (Wildman–Crippen LogP) is 1.86. The number of hydrogen-bond acceptors (Lipinski definition) is 4. The number of halogens is 1. The van der Waals surface area contributed by atoms with Crippen molar-refractivity contribution in [3.8, 4) is 6.07 Å². The monoisotopic (exact) mass is 252 g/mol. The molecule has 0 aromatic carbocycles. The number of rotatable bonds is 3. The fourth-order valence-electron chi connectivity index (χ4n) is 0.870. The molecule has 0 amide bonds. The third kappa shape index (κ3) is 2.75. The highest BCUT2D eigenvalue weighted by Crippen LogP contribution is 2.16. The van der Waals surface area contributed by atoms with Gasteiger partial charge in [0.1, 0.15) is 11.9 Å². The molecule has 0 fully saturated rings. The Hall–Kier alpha value is -1.54. The average molecular weight is 253 g/mol. The van der Waals surface area contributed by atoms with E-state index in [4.69, 9.17) is 11.0 Å². The second-order valence-electron chi connectivity index (χ2n) is 2.64. The first-order valence-electron chi connectivity index (χ1n) is 3.86. The van der Waals surface area contributed by atoms with Crippen molar-refractivity contribution in [1.29, 1.82) is 5.26 Å². The Balaban J connectivity index is 2.80. The molecule has 0 bridgehead atoms. The van der Waals surface area contributed by atoms with Gasteiger partial charge in [0.25, 0.3) is 0 Å². The van der Waals surface area contributed by atoms with Gasteiger partial charge in [-0.2, -0.15) is 5.26 Å². The Labute approximate surface area is 90.6 Å². The SMILES string of the molecule is C=C(Br)CNc1ncc(C#N)cc1N. The molecule has 0 spiro atoms. The first-order valence-corrected chi connectivity index (χ1v) is 4.65. The molecule has 4 nitrogen and oxygen atoms in total. The Morgan fingerprint density at radius 1 is 1.79 bits per heavy atom. The minimum absolute atomic E-state index is 0.450. The highest BCUT2D eigenvalue weighted by molar-refractivity contribution is 9.11. The molecule has 72 valence electrons. The molecular weight excluding hydrogens is 244 g/mol. The van der Waals surface area contributed by atoms with E-state index in [1.807, 2.05) is 6.07 Å². The largest absolute Gasteiger partial charge is 0.396 e. The molecule has 0 atom stereocenters. The molecule has 1 rings (SSSR count). The number of nitrogens with zero attached hydrogens (tertiary/aromatic N) is 2. The highest BCUT2D eigenvalue weighted by Gasteiger charge is 2.01. The van der Waals surface area contributed by atoms with E-state index in [0.29, 0.717) is 23.6 Å². The maximum atomic E-state index is 8.58. The number of pyridine rings is 1. The molecule has 1 aromatic heterocycles. The van der Waals surface area contributed by atoms with E-state index in [0.717, 1.165) is 4.48 Å². The molecule has 3 N–H and O–H groups in total. The summed E-state index contributed by atoms with van der Waals surface area (Å²) in [6, 6.07) is 3.54. The number of nitrogens with one attached hydrogen (secondary N) is 1. The molecule has 0 saturated carbocycles. The zero-order chi connectivity index (χ0) is 10.6. The molecule has 0 saturated heterocycles. The summed E-state index contributed by atoms with van der Waals surface area (Å²) in [5.41, 5.74) is 6.57. The van der Waals surface area contributed by atoms with Gasteiger partial charge in [-0.25, -0.2) is 4.98 Å². The quantitative estimate of drug-likeness (QED) is 0.862. The van der Waals surface area contributed by atoms with E-state index < -0.39 is 0 Å². The van der Waals surface area contributed by atoms with Crippen LogP contribution in [0, 0.1) is 11.3 Å². The Morgan fingerprint density at radius 3 is 3.00 bits per heavy atom. The van der Waals surface area contributed by atoms with Crippen LogP contribution in [0.2, 0.25) is 0 Å². The Bertz CT molecular complexity index is 394. The maximum absolute atomic E-state index is 8.58. The molecule has 1 aromatic rings. The Morgan fingerprint density at radius 2 is 2.50 bits per heavy atom. The number of nitrogen functional groups attached to an aromatic ring is 1. The van der Waals surface area contributed by atoms with Crippen molar-refractivity contribution < 1.29 is 0 Å². The fourth-order valence-corrected chi connectivity index (χ4v) is 1.01. The van der Waals surface area contributed by atoms with Gasteiger partial charge in [0.05, 0.1) is 11.3 Å². The summed E-state index contributed by atoms with van der Waals surface area (Å²) in [4.78, 5) is 4.00. The van der Waals surface area contributed by atoms with E-state index in [9.17, 15) is 0 Å². The first kappa shape index (κ1) is 10.5. The standard InChI is InChI=1S/C9H9BrN4/c1-6(10)4-13-9-8(12)2-7(3-11)5-14-9/h2,5H,1,4,12H2,(H,13,14). The van der Waals surface area contributed by atoms with Gasteiger partial charge < -0.3 is 11.1 Å². The van der Waals surface area contributed by atoms with Gasteiger partial charge in [-0.3, -0.25) is 0 Å². The summed E-state index contributed by atoms with van der Waals surface area (Å²) < 4.78 is 0.808. The van der Waals surface area contributed by atoms with Crippen molar-refractivity contribution in [3.63, 3.8) is 0 Å². The molecule has 0 radical (unpaired) electrons. The summed E-state index contributed by atoms with van der Waals surface area (Å²) in [5.74, 6) is 0.560. The third-order valence-corrected chi connectivity index (χ3v) is 1.77. The zero-order valence-electron chi connectivity index (χ0n) is 7.42. The summed E-state index contributed by atoms with van der Waals surface area (Å²) in [6.45, 7) is 4.21. The fraction of sp³-hybridized carbons (Fsp3) is 0.111. The van der Waals surface area contributed by atoms with Gasteiger partial charge in [-0.1, -0.05) is 22.5 Å². The van der Waals surface area contributed by atoms with Crippen LogP contribution >= 0.6 is 15.9 Å². The van der Waals surface area contributed by atoms with Gasteiger partial charge in [-0.15, -0.1) is 0 Å². The zero-order valence-corrected chi connectivity index (χ0v) is 9.00. The molecular formula is C9H9BrN4. The smallest absolute Gasteiger partial charge is 0.149 e. The number of aromatic nitrogens is 1. The minimum atomic E-state index is 0.450. The minimum Gasteiger partial charge on any atom is -0.396 e. The molecule has 14 heavy (non-hydrogen) atoms. The van der Waals surface area contributed by atoms with Gasteiger partial charge in [-0.05, 0) is 6.07 Å². The van der Waals surface area contributed by atoms with Crippen LogP contribution in [0.1, 0.15) is 5.56 Å². The van der Waals surface area contributed by atoms with Crippen LogP contribution in [0.5, 0.6) is 0 Å². The lowest BCUT2D eigenvalue weighted by atomic mass is 10.3. The van der Waals surface area contributed by atoms with Gasteiger partial charge in [0.15, 0.2) is 0 Å². The van der Waals surface area contributed by atoms with Crippen molar-refractivity contribution in [3.05, 3.63) is 28.9 Å². The van der Waals surface area contributed by atoms with Crippen LogP contribution in [0.3, 0.4) is 0 Å². The number of nitrogens with two attached hydrogens (primary N) is 1. The number of hydrogen-bond donors (Lipinski definition) is 2. The van der Waals surface area contributed by atoms with Crippen LogP contribution in [0.25, 0.3) is 0 Å². The molecule has 5 heteroatoms. The summed E-state index contributed by atoms with van der Waals surface area (Å²) in [7, 11) is 0. The van der Waals surface area contributed by atoms with Gasteiger partial charge in [0.2, 0.25) is 0 Å². The normalized spacial score (nSPS) is 9.14. The molecule has 1 heterocycles. The molecule has 0 aliphatic rings. The first-order chi connectivity index (χ1) is 6.63. The van der Waals surface area contributed by atoms with Crippen LogP contribution in [0.15, 0.2) is 23.3 Å². The van der Waals surface area contributed by atoms with Crippen LogP contribution in [0.4, 0.5) is 11.5 Å². The van der Waals surface area contributed by atoms with Gasteiger partial charge >= 0.3 is 0 Å². The molecule has 0 aliphatic heterocycles. The lowest BCUT2D eigenvalue weighted by Gasteiger charge is -2.06. The molecule has 0 unspecified atom stereocenters. The Kier molecular flexibility index (Phi) is 3.48. The summed E-state index contributed by atoms with van der Waals surface area (Å²) in [6.07, 6.45) is 1.47. The average Bonchev–Trinajstić information content (AvgIpc) is 2.15. The second-order valence-corrected chi connectivity index (χ2v) is 3.77. The summed E-state index contributed by atoms with van der Waals surface area (Å²) >= 11 is 3.21. The number of anilines is 2. The lowest BCUT2D eigenvalue weighted by Crippen LogP contribution is -2.05. The lowest BCUT2D eigenvalue weighted by molar-refractivity contribution is 1.22. The van der Waals surface area contributed by atoms with Crippen molar-refractivity contribution in [2.75, 3.05) is 17.6 Å². The van der Waals surface area contributed by atoms with Crippen LogP contribution in [-0.2, 0) is 0 Å². The maximum Gasteiger partial charge on any atom is 0.149 e. The topological polar surface area (TPSA) is 74.7 Å². The van der Waals surface area contributed by atoms with E-state index in [1.165, 1.54) is 6.20 Å². The predicted molar refractivity (Wildman–Crippen MR) is 59.9 cm³/mol. The highest BCUT2D eigenvalue weighted by atomic mass is 79.9. The van der Waals surface area contributed by atoms with Crippen LogP contribution in [-0.4, -0.2) is 11.5 Å². The van der Waals surface area contributed by atoms with Crippen molar-refractivity contribution in [2.24, 2.45) is 0 Å². The van der Waals surface area contributed by atoms with E-state index >= 15 is 0 Å². The van der Waals surface area contributed by atoms with Crippen molar-refractivity contribution in [1.82, 2.24) is 4.98 Å². The third-order valence-electron chi connectivity index (χ3n) is 1.49. The van der Waals surface area contributed by atoms with Crippen molar-refractivity contribution >= 4 is 27.4 Å². The van der Waals surface area contributed by atoms with Gasteiger partial charge in [0, 0.05) is 17.2 Å². The van der Waals surface area contributed by atoms with E-state index in [-0.39, 0.29) is 0 Å².